The van der Waals surface area contributed by atoms with Crippen LogP contribution in [0.4, 0.5) is 13.2 Å². The highest BCUT2D eigenvalue weighted by atomic mass is 32.2. The normalized spacial score (nSPS) is 13.2. The van der Waals surface area contributed by atoms with Gasteiger partial charge in [0.1, 0.15) is 0 Å². The van der Waals surface area contributed by atoms with E-state index in [1.54, 1.807) is 27.7 Å². The van der Waals surface area contributed by atoms with Crippen LogP contribution in [-0.4, -0.2) is 23.9 Å². The van der Waals surface area contributed by atoms with Crippen molar-refractivity contribution < 1.29 is 21.6 Å². The van der Waals surface area contributed by atoms with Gasteiger partial charge in [-0.05, 0) is 65.0 Å². The van der Waals surface area contributed by atoms with Gasteiger partial charge in [-0.1, -0.05) is 19.3 Å². The van der Waals surface area contributed by atoms with Gasteiger partial charge in [-0.3, -0.25) is 4.98 Å². The Hall–Kier alpha value is -1.11. The van der Waals surface area contributed by atoms with Gasteiger partial charge in [0, 0.05) is 11.9 Å². The molecule has 0 aliphatic heterocycles. The lowest BCUT2D eigenvalue weighted by atomic mass is 10.00. The monoisotopic (exact) mass is 393 g/mol. The van der Waals surface area contributed by atoms with Crippen molar-refractivity contribution in [3.05, 3.63) is 28.6 Å². The lowest BCUT2D eigenvalue weighted by Gasteiger charge is -2.18. The van der Waals surface area contributed by atoms with E-state index in [1.807, 2.05) is 0 Å². The Kier molecular flexibility index (Phi) is 7.69. The third-order valence-corrected chi connectivity index (χ3v) is 7.51. The van der Waals surface area contributed by atoms with Crippen LogP contribution in [0, 0.1) is 13.8 Å². The van der Waals surface area contributed by atoms with Gasteiger partial charge >= 0.3 is 6.18 Å². The molecule has 0 aliphatic rings. The third kappa shape index (κ3) is 6.25. The molecule has 0 spiro atoms. The van der Waals surface area contributed by atoms with Gasteiger partial charge in [0.25, 0.3) is 0 Å². The lowest BCUT2D eigenvalue weighted by molar-refractivity contribution is -0.138. The minimum atomic E-state index is -4.37. The van der Waals surface area contributed by atoms with Crippen molar-refractivity contribution in [1.82, 2.24) is 4.98 Å². The molecule has 0 aromatic carbocycles. The van der Waals surface area contributed by atoms with Crippen LogP contribution in [-0.2, 0) is 22.4 Å². The first-order valence-electron chi connectivity index (χ1n) is 9.02. The van der Waals surface area contributed by atoms with Gasteiger partial charge < -0.3 is 0 Å². The number of sulfone groups is 1. The van der Waals surface area contributed by atoms with Crippen molar-refractivity contribution in [2.75, 3.05) is 5.75 Å². The van der Waals surface area contributed by atoms with Gasteiger partial charge in [-0.15, -0.1) is 0 Å². The zero-order valence-corrected chi connectivity index (χ0v) is 17.1. The first-order valence-corrected chi connectivity index (χ1v) is 10.7. The van der Waals surface area contributed by atoms with E-state index >= 15 is 0 Å². The van der Waals surface area contributed by atoms with E-state index in [2.05, 4.69) is 4.98 Å². The van der Waals surface area contributed by atoms with Crippen molar-refractivity contribution in [2.24, 2.45) is 0 Å². The molecule has 1 aromatic rings. The number of pyridine rings is 1. The highest BCUT2D eigenvalue weighted by molar-refractivity contribution is 7.92. The predicted molar refractivity (Wildman–Crippen MR) is 99.0 cm³/mol. The molecule has 1 rings (SSSR count). The maximum atomic E-state index is 12.9. The Labute approximate surface area is 155 Å². The number of rotatable bonds is 8. The van der Waals surface area contributed by atoms with Gasteiger partial charge in [0.15, 0.2) is 9.84 Å². The number of hydrogen-bond acceptors (Lipinski definition) is 3. The fourth-order valence-electron chi connectivity index (χ4n) is 2.71. The largest absolute Gasteiger partial charge is 0.418 e. The Morgan fingerprint density at radius 1 is 0.923 bits per heavy atom. The molecule has 3 nitrogen and oxygen atoms in total. The minimum Gasteiger partial charge on any atom is -0.260 e. The van der Waals surface area contributed by atoms with E-state index in [0.717, 1.165) is 31.9 Å². The van der Waals surface area contributed by atoms with Gasteiger partial charge in [0.2, 0.25) is 0 Å². The quantitative estimate of drug-likeness (QED) is 0.554. The summed E-state index contributed by atoms with van der Waals surface area (Å²) in [5.41, 5.74) is 0.899. The van der Waals surface area contributed by atoms with Crippen LogP contribution in [0.15, 0.2) is 6.20 Å². The molecule has 0 aliphatic carbocycles. The number of hydrogen-bond donors (Lipinski definition) is 0. The second kappa shape index (κ2) is 8.72. The molecule has 1 heterocycles. The highest BCUT2D eigenvalue weighted by Gasteiger charge is 2.33. The van der Waals surface area contributed by atoms with Crippen LogP contribution in [0.3, 0.4) is 0 Å². The van der Waals surface area contributed by atoms with Gasteiger partial charge in [-0.2, -0.15) is 13.2 Å². The number of aryl methyl sites for hydroxylation is 1. The molecule has 26 heavy (non-hydrogen) atoms. The van der Waals surface area contributed by atoms with Crippen molar-refractivity contribution in [3.63, 3.8) is 0 Å². The molecule has 0 amide bonds. The van der Waals surface area contributed by atoms with Crippen LogP contribution in [0.1, 0.15) is 75.3 Å². The average molecular weight is 394 g/mol. The minimum absolute atomic E-state index is 0.204. The highest BCUT2D eigenvalue weighted by Crippen LogP contribution is 2.33. The maximum absolute atomic E-state index is 12.9. The summed E-state index contributed by atoms with van der Waals surface area (Å²) in [6, 6.07) is 0. The molecular weight excluding hydrogens is 363 g/mol. The summed E-state index contributed by atoms with van der Waals surface area (Å²) >= 11 is 0. The van der Waals surface area contributed by atoms with Gasteiger partial charge in [-0.25, -0.2) is 8.42 Å². The number of halogens is 3. The van der Waals surface area contributed by atoms with Crippen LogP contribution < -0.4 is 0 Å². The Bertz CT molecular complexity index is 705. The van der Waals surface area contributed by atoms with E-state index in [0.29, 0.717) is 24.1 Å². The molecule has 150 valence electrons. The van der Waals surface area contributed by atoms with Crippen LogP contribution in [0.2, 0.25) is 0 Å². The summed E-state index contributed by atoms with van der Waals surface area (Å²) in [6.07, 6.45) is 1.36. The topological polar surface area (TPSA) is 47.0 Å². The maximum Gasteiger partial charge on any atom is 0.418 e. The summed E-state index contributed by atoms with van der Waals surface area (Å²) in [5.74, 6) is 0.204. The SMILES string of the molecule is Cc1c(C(F)(F)F)cnc(CCCCCCCS(=O)(=O)C(C)(C)C)c1C. The molecule has 0 N–H and O–H groups in total. The molecular formula is C19H30F3NO2S. The molecule has 0 atom stereocenters. The second-order valence-corrected chi connectivity index (χ2v) is 10.7. The van der Waals surface area contributed by atoms with E-state index in [-0.39, 0.29) is 11.3 Å². The standard InChI is InChI=1S/C19H30F3NO2S/c1-14-15(2)17(23-13-16(14)19(20,21)22)11-9-7-6-8-10-12-26(24,25)18(3,4)5/h13H,6-12H2,1-5H3. The lowest BCUT2D eigenvalue weighted by Crippen LogP contribution is -2.30. The fourth-order valence-corrected chi connectivity index (χ4v) is 3.91. The number of alkyl halides is 3. The summed E-state index contributed by atoms with van der Waals surface area (Å²) in [6.45, 7) is 8.31. The smallest absolute Gasteiger partial charge is 0.260 e. The first kappa shape index (κ1) is 22.9. The van der Waals surface area contributed by atoms with Crippen LogP contribution in [0.25, 0.3) is 0 Å². The van der Waals surface area contributed by atoms with Crippen LogP contribution in [0.5, 0.6) is 0 Å². The molecule has 0 radical (unpaired) electrons. The molecule has 0 saturated carbocycles. The van der Waals surface area contributed by atoms with Crippen molar-refractivity contribution >= 4 is 9.84 Å². The Morgan fingerprint density at radius 2 is 1.46 bits per heavy atom. The number of nitrogens with zero attached hydrogens (tertiary/aromatic N) is 1. The van der Waals surface area contributed by atoms with Crippen molar-refractivity contribution in [3.8, 4) is 0 Å². The third-order valence-electron chi connectivity index (χ3n) is 4.81. The summed E-state index contributed by atoms with van der Waals surface area (Å²) in [7, 11) is -3.06. The Morgan fingerprint density at radius 3 is 2.00 bits per heavy atom. The fraction of sp³-hybridized carbons (Fsp3) is 0.737. The summed E-state index contributed by atoms with van der Waals surface area (Å²) < 4.78 is 61.9. The predicted octanol–water partition coefficient (Wildman–Crippen LogP) is 5.42. The zero-order chi connectivity index (χ0) is 20.2. The first-order chi connectivity index (χ1) is 11.8. The van der Waals surface area contributed by atoms with E-state index in [1.165, 1.54) is 6.92 Å². The van der Waals surface area contributed by atoms with E-state index in [9.17, 15) is 21.6 Å². The van der Waals surface area contributed by atoms with E-state index in [4.69, 9.17) is 0 Å². The van der Waals surface area contributed by atoms with Crippen molar-refractivity contribution in [2.45, 2.75) is 84.1 Å². The van der Waals surface area contributed by atoms with Crippen LogP contribution >= 0.6 is 0 Å². The number of unbranched alkanes of at least 4 members (excludes halogenated alkanes) is 4. The van der Waals surface area contributed by atoms with Crippen molar-refractivity contribution in [1.29, 1.82) is 0 Å². The Balaban J connectivity index is 2.41. The van der Waals surface area contributed by atoms with E-state index < -0.39 is 26.3 Å². The zero-order valence-electron chi connectivity index (χ0n) is 16.3. The summed E-state index contributed by atoms with van der Waals surface area (Å²) in [4.78, 5) is 4.00. The van der Waals surface area contributed by atoms with Gasteiger partial charge in [0.05, 0.1) is 16.1 Å². The molecule has 0 saturated heterocycles. The summed E-state index contributed by atoms with van der Waals surface area (Å²) in [5, 5.41) is 0. The second-order valence-electron chi connectivity index (χ2n) is 7.82. The molecule has 0 bridgehead atoms. The molecule has 7 heteroatoms. The molecule has 0 unspecified atom stereocenters. The molecule has 1 aromatic heterocycles. The number of aromatic nitrogens is 1. The average Bonchev–Trinajstić information content (AvgIpc) is 2.47. The molecule has 0 fully saturated rings.